The third-order valence-corrected chi connectivity index (χ3v) is 6.48. The van der Waals surface area contributed by atoms with E-state index in [1.807, 2.05) is 12.1 Å². The summed E-state index contributed by atoms with van der Waals surface area (Å²) in [7, 11) is 0. The Morgan fingerprint density at radius 3 is 2.23 bits per heavy atom. The molecule has 4 bridgehead atoms. The van der Waals surface area contributed by atoms with Crippen molar-refractivity contribution in [3.8, 4) is 0 Å². The highest BCUT2D eigenvalue weighted by atomic mass is 16.1. The molecule has 22 heavy (non-hydrogen) atoms. The van der Waals surface area contributed by atoms with Gasteiger partial charge < -0.3 is 5.32 Å². The SMILES string of the molecule is CCC(NC(=O)c1ccncc1)C12CC3CC(CC(C3)C1)C2. The maximum Gasteiger partial charge on any atom is 0.251 e. The van der Waals surface area contributed by atoms with E-state index in [1.54, 1.807) is 12.4 Å². The van der Waals surface area contributed by atoms with Gasteiger partial charge in [-0.15, -0.1) is 0 Å². The van der Waals surface area contributed by atoms with E-state index in [0.717, 1.165) is 29.7 Å². The summed E-state index contributed by atoms with van der Waals surface area (Å²) in [6, 6.07) is 3.95. The second-order valence-electron chi connectivity index (χ2n) is 7.95. The first kappa shape index (κ1) is 14.2. The van der Waals surface area contributed by atoms with Gasteiger partial charge in [-0.2, -0.15) is 0 Å². The first-order chi connectivity index (χ1) is 10.7. The van der Waals surface area contributed by atoms with Gasteiger partial charge in [-0.05, 0) is 80.2 Å². The number of nitrogens with zero attached hydrogens (tertiary/aromatic N) is 1. The molecule has 4 saturated carbocycles. The molecule has 3 nitrogen and oxygen atoms in total. The minimum Gasteiger partial charge on any atom is -0.349 e. The molecule has 4 aliphatic carbocycles. The zero-order valence-corrected chi connectivity index (χ0v) is 13.4. The molecule has 118 valence electrons. The van der Waals surface area contributed by atoms with Crippen LogP contribution in [0.2, 0.25) is 0 Å². The molecule has 0 aliphatic heterocycles. The van der Waals surface area contributed by atoms with Gasteiger partial charge in [-0.3, -0.25) is 9.78 Å². The fourth-order valence-electron chi connectivity index (χ4n) is 6.04. The number of nitrogens with one attached hydrogen (secondary N) is 1. The van der Waals surface area contributed by atoms with E-state index in [-0.39, 0.29) is 5.91 Å². The van der Waals surface area contributed by atoms with Crippen LogP contribution in [0.4, 0.5) is 0 Å². The Hall–Kier alpha value is -1.38. The summed E-state index contributed by atoms with van der Waals surface area (Å²) in [5.74, 6) is 2.86. The monoisotopic (exact) mass is 298 g/mol. The van der Waals surface area contributed by atoms with Gasteiger partial charge in [0.05, 0.1) is 0 Å². The van der Waals surface area contributed by atoms with E-state index in [4.69, 9.17) is 0 Å². The molecular formula is C19H26N2O. The van der Waals surface area contributed by atoms with Crippen LogP contribution >= 0.6 is 0 Å². The van der Waals surface area contributed by atoms with Crippen molar-refractivity contribution in [2.45, 2.75) is 57.9 Å². The molecule has 1 heterocycles. The Labute approximate surface area is 132 Å². The average molecular weight is 298 g/mol. The minimum absolute atomic E-state index is 0.0741. The summed E-state index contributed by atoms with van der Waals surface area (Å²) in [5, 5.41) is 3.37. The minimum atomic E-state index is 0.0741. The van der Waals surface area contributed by atoms with Crippen LogP contribution in [0.25, 0.3) is 0 Å². The largest absolute Gasteiger partial charge is 0.349 e. The van der Waals surface area contributed by atoms with Gasteiger partial charge in [0.25, 0.3) is 5.91 Å². The van der Waals surface area contributed by atoms with Crippen LogP contribution < -0.4 is 5.32 Å². The van der Waals surface area contributed by atoms with Crippen molar-refractivity contribution >= 4 is 5.91 Å². The maximum absolute atomic E-state index is 12.6. The molecule has 5 rings (SSSR count). The zero-order valence-electron chi connectivity index (χ0n) is 13.4. The summed E-state index contributed by atoms with van der Waals surface area (Å²) in [5.41, 5.74) is 1.12. The molecule has 4 fully saturated rings. The predicted molar refractivity (Wildman–Crippen MR) is 86.4 cm³/mol. The van der Waals surface area contributed by atoms with Crippen LogP contribution in [-0.2, 0) is 0 Å². The number of rotatable bonds is 4. The molecule has 0 radical (unpaired) electrons. The average Bonchev–Trinajstić information content (AvgIpc) is 2.51. The number of aromatic nitrogens is 1. The molecule has 0 saturated heterocycles. The molecule has 1 atom stereocenters. The summed E-state index contributed by atoms with van der Waals surface area (Å²) in [6.45, 7) is 2.23. The van der Waals surface area contributed by atoms with Crippen LogP contribution in [0.5, 0.6) is 0 Å². The molecule has 1 amide bonds. The Kier molecular flexibility index (Phi) is 3.47. The molecule has 3 heteroatoms. The lowest BCUT2D eigenvalue weighted by Gasteiger charge is -2.59. The van der Waals surface area contributed by atoms with E-state index >= 15 is 0 Å². The van der Waals surface area contributed by atoms with Gasteiger partial charge >= 0.3 is 0 Å². The predicted octanol–water partition coefficient (Wildman–Crippen LogP) is 3.81. The molecule has 1 aromatic rings. The maximum atomic E-state index is 12.6. The van der Waals surface area contributed by atoms with Gasteiger partial charge in [-0.25, -0.2) is 0 Å². The number of carbonyl (C=O) groups excluding carboxylic acids is 1. The summed E-state index contributed by atoms with van der Waals surface area (Å²) >= 11 is 0. The zero-order chi connectivity index (χ0) is 15.2. The fraction of sp³-hybridized carbons (Fsp3) is 0.684. The Balaban J connectivity index is 1.53. The molecule has 4 aliphatic rings. The summed E-state index contributed by atoms with van der Waals surface area (Å²) in [6.07, 6.45) is 12.8. The lowest BCUT2D eigenvalue weighted by Crippen LogP contribution is -2.56. The summed E-state index contributed by atoms with van der Waals surface area (Å²) < 4.78 is 0. The Morgan fingerprint density at radius 1 is 1.18 bits per heavy atom. The standard InChI is InChI=1S/C19H26N2O/c1-2-17(21-18(22)16-3-5-20-6-4-16)19-10-13-7-14(11-19)9-15(8-13)12-19/h3-6,13-15,17H,2,7-12H2,1H3,(H,21,22). The Bertz CT molecular complexity index is 519. The quantitative estimate of drug-likeness (QED) is 0.918. The second-order valence-corrected chi connectivity index (χ2v) is 7.95. The third kappa shape index (κ3) is 2.35. The molecule has 0 spiro atoms. The van der Waals surface area contributed by atoms with E-state index in [0.29, 0.717) is 11.5 Å². The van der Waals surface area contributed by atoms with Gasteiger partial charge in [-0.1, -0.05) is 6.92 Å². The smallest absolute Gasteiger partial charge is 0.251 e. The van der Waals surface area contributed by atoms with Crippen LogP contribution in [0.1, 0.15) is 62.2 Å². The van der Waals surface area contributed by atoms with Gasteiger partial charge in [0.2, 0.25) is 0 Å². The molecule has 0 aromatic carbocycles. The Morgan fingerprint density at radius 2 is 1.73 bits per heavy atom. The first-order valence-corrected chi connectivity index (χ1v) is 8.89. The lowest BCUT2D eigenvalue weighted by atomic mass is 9.47. The van der Waals surface area contributed by atoms with Crippen molar-refractivity contribution in [2.24, 2.45) is 23.2 Å². The van der Waals surface area contributed by atoms with Crippen LogP contribution in [0.15, 0.2) is 24.5 Å². The van der Waals surface area contributed by atoms with Gasteiger partial charge in [0.1, 0.15) is 0 Å². The van der Waals surface area contributed by atoms with E-state index in [2.05, 4.69) is 17.2 Å². The first-order valence-electron chi connectivity index (χ1n) is 8.89. The van der Waals surface area contributed by atoms with E-state index in [1.165, 1.54) is 38.5 Å². The molecule has 1 aromatic heterocycles. The van der Waals surface area contributed by atoms with E-state index < -0.39 is 0 Å². The van der Waals surface area contributed by atoms with Crippen LogP contribution in [0, 0.1) is 23.2 Å². The van der Waals surface area contributed by atoms with Crippen molar-refractivity contribution in [3.05, 3.63) is 30.1 Å². The molecule has 1 N–H and O–H groups in total. The third-order valence-electron chi connectivity index (χ3n) is 6.48. The number of hydrogen-bond donors (Lipinski definition) is 1. The number of hydrogen-bond acceptors (Lipinski definition) is 2. The highest BCUT2D eigenvalue weighted by Crippen LogP contribution is 2.61. The topological polar surface area (TPSA) is 42.0 Å². The molecular weight excluding hydrogens is 272 g/mol. The van der Waals surface area contributed by atoms with Crippen LogP contribution in [0.3, 0.4) is 0 Å². The van der Waals surface area contributed by atoms with Crippen molar-refractivity contribution in [2.75, 3.05) is 0 Å². The number of pyridine rings is 1. The number of amides is 1. The highest BCUT2D eigenvalue weighted by molar-refractivity contribution is 5.94. The van der Waals surface area contributed by atoms with Crippen molar-refractivity contribution in [1.29, 1.82) is 0 Å². The second kappa shape index (κ2) is 5.36. The lowest BCUT2D eigenvalue weighted by molar-refractivity contribution is -0.0727. The van der Waals surface area contributed by atoms with Crippen molar-refractivity contribution in [1.82, 2.24) is 10.3 Å². The molecule has 1 unspecified atom stereocenters. The summed E-state index contributed by atoms with van der Waals surface area (Å²) in [4.78, 5) is 16.6. The highest BCUT2D eigenvalue weighted by Gasteiger charge is 2.53. The van der Waals surface area contributed by atoms with Crippen molar-refractivity contribution < 1.29 is 4.79 Å². The normalized spacial score (nSPS) is 37.0. The van der Waals surface area contributed by atoms with Crippen molar-refractivity contribution in [3.63, 3.8) is 0 Å². The fourth-order valence-corrected chi connectivity index (χ4v) is 6.04. The van der Waals surface area contributed by atoms with E-state index in [9.17, 15) is 4.79 Å². The van der Waals surface area contributed by atoms with Crippen LogP contribution in [-0.4, -0.2) is 16.9 Å². The van der Waals surface area contributed by atoms with Gasteiger partial charge in [0, 0.05) is 24.0 Å². The van der Waals surface area contributed by atoms with Gasteiger partial charge in [0.15, 0.2) is 0 Å². The number of carbonyl (C=O) groups is 1.